The molecule has 5 nitrogen and oxygen atoms in total. The van der Waals surface area contributed by atoms with Gasteiger partial charge >= 0.3 is 23.9 Å². The van der Waals surface area contributed by atoms with Gasteiger partial charge in [-0.1, -0.05) is 17.9 Å². The predicted octanol–water partition coefficient (Wildman–Crippen LogP) is 2.04. The minimum absolute atomic E-state index is 0.418. The van der Waals surface area contributed by atoms with Crippen LogP contribution in [-0.4, -0.2) is 50.5 Å². The maximum atomic E-state index is 13.1. The second kappa shape index (κ2) is 7.10. The van der Waals surface area contributed by atoms with Crippen molar-refractivity contribution in [3.8, 4) is 0 Å². The Morgan fingerprint density at radius 1 is 1.15 bits per heavy atom. The van der Waals surface area contributed by atoms with Crippen molar-refractivity contribution in [1.29, 1.82) is 0 Å². The Morgan fingerprint density at radius 2 is 1.65 bits per heavy atom. The van der Waals surface area contributed by atoms with Crippen LogP contribution in [0.3, 0.4) is 0 Å². The van der Waals surface area contributed by atoms with Gasteiger partial charge in [0.2, 0.25) is 0 Å². The molecule has 0 heterocycles. The van der Waals surface area contributed by atoms with Crippen molar-refractivity contribution in [2.24, 2.45) is 0 Å². The summed E-state index contributed by atoms with van der Waals surface area (Å²) in [7, 11) is -4.07. The van der Waals surface area contributed by atoms with Crippen molar-refractivity contribution in [3.63, 3.8) is 0 Å². The molecule has 1 aromatic carbocycles. The van der Waals surface area contributed by atoms with Crippen LogP contribution < -0.4 is 0 Å². The Bertz CT molecular complexity index is 773. The normalized spacial score (nSPS) is 13.5. The first-order valence-corrected chi connectivity index (χ1v) is 8.56. The minimum Gasteiger partial charge on any atom is -0.435 e. The summed E-state index contributed by atoms with van der Waals surface area (Å²) in [6.45, 7) is 1.48. The monoisotopic (exact) mass is 406 g/mol. The third-order valence-electron chi connectivity index (χ3n) is 3.53. The van der Waals surface area contributed by atoms with Crippen LogP contribution in [0.15, 0.2) is 18.2 Å². The topological polar surface area (TPSA) is 80.7 Å². The molecule has 0 radical (unpaired) electrons. The molecule has 0 atom stereocenters. The van der Waals surface area contributed by atoms with Crippen molar-refractivity contribution in [1.82, 2.24) is 0 Å². The van der Waals surface area contributed by atoms with Gasteiger partial charge in [0.25, 0.3) is 10.1 Å². The van der Waals surface area contributed by atoms with Gasteiger partial charge in [0, 0.05) is 0 Å². The van der Waals surface area contributed by atoms with Gasteiger partial charge in [-0.15, -0.1) is 0 Å². The number of carbonyl (C=O) groups excluding carboxylic acids is 1. The molecule has 0 aliphatic carbocycles. The molecular formula is C13H13BF6O5S. The Kier molecular flexibility index (Phi) is 6.09. The van der Waals surface area contributed by atoms with Crippen LogP contribution in [0.4, 0.5) is 26.3 Å². The van der Waals surface area contributed by atoms with Crippen molar-refractivity contribution < 1.29 is 48.8 Å². The molecule has 1 aromatic rings. The summed E-state index contributed by atoms with van der Waals surface area (Å²) >= 11 is 0. The van der Waals surface area contributed by atoms with Crippen molar-refractivity contribution in [3.05, 3.63) is 34.9 Å². The highest BCUT2D eigenvalue weighted by atomic mass is 32.2. The first-order chi connectivity index (χ1) is 11.5. The van der Waals surface area contributed by atoms with Gasteiger partial charge in [-0.25, -0.2) is 4.79 Å². The number of ether oxygens (including phenoxy) is 1. The third kappa shape index (κ3) is 4.69. The Hall–Kier alpha value is -1.76. The lowest BCUT2D eigenvalue weighted by Crippen LogP contribution is -2.63. The Morgan fingerprint density at radius 3 is 2.00 bits per heavy atom. The van der Waals surface area contributed by atoms with E-state index in [1.54, 1.807) is 7.85 Å². The molecule has 0 saturated heterocycles. The van der Waals surface area contributed by atoms with Crippen LogP contribution >= 0.6 is 0 Å². The largest absolute Gasteiger partial charge is 0.438 e. The standard InChI is InChI=1S/C13H13BF6O5S/c1-7-4-8(2-3-9(7)5-14)10(21)25-11(12(15,16)17,13(18,19)20)6-26(22,23)24/h2-4H,5-6,14H2,1H3,(H,22,23,24). The van der Waals surface area contributed by atoms with Crippen LogP contribution in [0.2, 0.25) is 0 Å². The molecule has 0 aliphatic heterocycles. The average Bonchev–Trinajstić information content (AvgIpc) is 2.42. The van der Waals surface area contributed by atoms with Gasteiger partial charge in [-0.2, -0.15) is 34.8 Å². The molecule has 0 bridgehead atoms. The molecule has 0 unspecified atom stereocenters. The minimum atomic E-state index is -6.35. The van der Waals surface area contributed by atoms with E-state index in [0.717, 1.165) is 12.1 Å². The molecule has 1 rings (SSSR count). The van der Waals surface area contributed by atoms with Crippen molar-refractivity contribution in [2.75, 3.05) is 5.75 Å². The fraction of sp³-hybridized carbons (Fsp3) is 0.462. The number of benzene rings is 1. The van der Waals surface area contributed by atoms with Crippen molar-refractivity contribution in [2.45, 2.75) is 31.2 Å². The Balaban J connectivity index is 3.45. The van der Waals surface area contributed by atoms with E-state index in [0.29, 0.717) is 17.4 Å². The summed E-state index contributed by atoms with van der Waals surface area (Å²) in [6.07, 6.45) is -12.2. The zero-order valence-electron chi connectivity index (χ0n) is 13.4. The zero-order valence-corrected chi connectivity index (χ0v) is 14.2. The molecule has 146 valence electrons. The molecule has 26 heavy (non-hydrogen) atoms. The maximum absolute atomic E-state index is 13.1. The number of alkyl halides is 6. The number of esters is 1. The first kappa shape index (κ1) is 22.3. The second-order valence-electron chi connectivity index (χ2n) is 5.43. The smallest absolute Gasteiger partial charge is 0.435 e. The van der Waals surface area contributed by atoms with Crippen LogP contribution in [0.1, 0.15) is 21.5 Å². The van der Waals surface area contributed by atoms with E-state index in [4.69, 9.17) is 4.55 Å². The summed E-state index contributed by atoms with van der Waals surface area (Å²) in [5.41, 5.74) is -4.94. The first-order valence-electron chi connectivity index (χ1n) is 6.95. The second-order valence-corrected chi connectivity index (χ2v) is 6.89. The average molecular weight is 406 g/mol. The molecule has 0 aromatic heterocycles. The summed E-state index contributed by atoms with van der Waals surface area (Å²) in [5, 5.41) is 0. The van der Waals surface area contributed by atoms with Gasteiger partial charge in [0.1, 0.15) is 13.6 Å². The lowest BCUT2D eigenvalue weighted by molar-refractivity contribution is -0.356. The molecule has 0 spiro atoms. The van der Waals surface area contributed by atoms with Gasteiger partial charge in [0.15, 0.2) is 0 Å². The number of aryl methyl sites for hydroxylation is 1. The van der Waals surface area contributed by atoms with Crippen LogP contribution in [-0.2, 0) is 21.2 Å². The SMILES string of the molecule is BCc1ccc(C(=O)OC(CS(=O)(=O)O)(C(F)(F)F)C(F)(F)F)cc1C. The van der Waals surface area contributed by atoms with Crippen LogP contribution in [0.25, 0.3) is 0 Å². The van der Waals surface area contributed by atoms with Gasteiger partial charge in [-0.3, -0.25) is 4.55 Å². The fourth-order valence-corrected chi connectivity index (χ4v) is 3.06. The molecule has 13 heteroatoms. The maximum Gasteiger partial charge on any atom is 0.438 e. The number of halogens is 6. The number of carbonyl (C=O) groups is 1. The molecule has 0 aliphatic rings. The summed E-state index contributed by atoms with van der Waals surface area (Å²) in [5.74, 6) is -4.95. The quantitative estimate of drug-likeness (QED) is 0.351. The van der Waals surface area contributed by atoms with E-state index in [1.807, 2.05) is 0 Å². The predicted molar refractivity (Wildman–Crippen MR) is 80.1 cm³/mol. The van der Waals surface area contributed by atoms with E-state index in [-0.39, 0.29) is 0 Å². The molecule has 0 fully saturated rings. The number of hydrogen-bond donors (Lipinski definition) is 1. The highest BCUT2D eigenvalue weighted by Gasteiger charge is 2.76. The van der Waals surface area contributed by atoms with E-state index in [1.165, 1.54) is 13.0 Å². The number of hydrogen-bond acceptors (Lipinski definition) is 4. The highest BCUT2D eigenvalue weighted by Crippen LogP contribution is 2.47. The summed E-state index contributed by atoms with van der Waals surface area (Å²) in [6, 6.07) is 3.29. The lowest BCUT2D eigenvalue weighted by atomic mass is 9.92. The zero-order chi connectivity index (χ0) is 20.6. The van der Waals surface area contributed by atoms with E-state index >= 15 is 0 Å². The molecule has 0 amide bonds. The highest BCUT2D eigenvalue weighted by molar-refractivity contribution is 7.85. The molecule has 1 N–H and O–H groups in total. The lowest BCUT2D eigenvalue weighted by Gasteiger charge is -2.35. The third-order valence-corrected chi connectivity index (χ3v) is 4.30. The van der Waals surface area contributed by atoms with Gasteiger partial charge < -0.3 is 4.74 Å². The molecule has 0 saturated carbocycles. The van der Waals surface area contributed by atoms with Crippen LogP contribution in [0, 0.1) is 6.92 Å². The summed E-state index contributed by atoms with van der Waals surface area (Å²) in [4.78, 5) is 11.9. The van der Waals surface area contributed by atoms with Crippen LogP contribution in [0.5, 0.6) is 0 Å². The van der Waals surface area contributed by atoms with Gasteiger partial charge in [-0.05, 0) is 24.6 Å². The van der Waals surface area contributed by atoms with Crippen molar-refractivity contribution >= 4 is 23.9 Å². The van der Waals surface area contributed by atoms with E-state index in [2.05, 4.69) is 4.74 Å². The molecular weight excluding hydrogens is 393 g/mol. The summed E-state index contributed by atoms with van der Waals surface area (Å²) < 4.78 is 112. The van der Waals surface area contributed by atoms with E-state index < -0.39 is 45.4 Å². The van der Waals surface area contributed by atoms with E-state index in [9.17, 15) is 39.6 Å². The fourth-order valence-electron chi connectivity index (χ4n) is 2.16. The number of rotatable bonds is 5. The Labute approximate surface area is 145 Å². The van der Waals surface area contributed by atoms with Gasteiger partial charge in [0.05, 0.1) is 5.56 Å².